The molecule has 0 heterocycles. The molecule has 2 aromatic carbocycles. The fourth-order valence-corrected chi connectivity index (χ4v) is 3.28. The van der Waals surface area contributed by atoms with Crippen LogP contribution in [0.1, 0.15) is 40.7 Å². The first-order valence-electron chi connectivity index (χ1n) is 8.62. The molecule has 0 spiro atoms. The maximum atomic E-state index is 12.5. The molecule has 0 bridgehead atoms. The predicted molar refractivity (Wildman–Crippen MR) is 96.7 cm³/mol. The number of hydrogen-bond donors (Lipinski definition) is 1. The van der Waals surface area contributed by atoms with E-state index in [-0.39, 0.29) is 16.9 Å². The molecule has 0 saturated heterocycles. The summed E-state index contributed by atoms with van der Waals surface area (Å²) >= 11 is 0. The average Bonchev–Trinajstić information content (AvgIpc) is 3.41. The maximum absolute atomic E-state index is 12.5. The summed E-state index contributed by atoms with van der Waals surface area (Å²) in [4.78, 5) is 25.2. The summed E-state index contributed by atoms with van der Waals surface area (Å²) < 4.78 is 0. The Morgan fingerprint density at radius 2 is 1.68 bits per heavy atom. The van der Waals surface area contributed by atoms with Gasteiger partial charge in [-0.1, -0.05) is 42.5 Å². The minimum Gasteiger partial charge on any atom is -0.478 e. The summed E-state index contributed by atoms with van der Waals surface area (Å²) in [7, 11) is 1.87. The minimum absolute atomic E-state index is 0.129. The van der Waals surface area contributed by atoms with E-state index in [4.69, 9.17) is 5.11 Å². The van der Waals surface area contributed by atoms with Crippen LogP contribution in [0.3, 0.4) is 0 Å². The van der Waals surface area contributed by atoms with Crippen molar-refractivity contribution in [1.82, 2.24) is 4.90 Å². The second-order valence-corrected chi connectivity index (χ2v) is 6.90. The monoisotopic (exact) mass is 337 g/mol. The van der Waals surface area contributed by atoms with Gasteiger partial charge in [0.25, 0.3) is 0 Å². The quantitative estimate of drug-likeness (QED) is 0.841. The van der Waals surface area contributed by atoms with E-state index in [1.54, 1.807) is 24.3 Å². The Bertz CT molecular complexity index is 748. The Morgan fingerprint density at radius 3 is 2.24 bits per heavy atom. The molecular weight excluding hydrogens is 314 g/mol. The molecule has 1 aliphatic rings. The van der Waals surface area contributed by atoms with Gasteiger partial charge in [-0.2, -0.15) is 0 Å². The lowest BCUT2D eigenvalue weighted by molar-refractivity contribution is -0.130. The zero-order valence-electron chi connectivity index (χ0n) is 14.4. The van der Waals surface area contributed by atoms with Crippen LogP contribution in [0.15, 0.2) is 54.6 Å². The van der Waals surface area contributed by atoms with E-state index >= 15 is 0 Å². The number of carboxylic acids is 1. The molecule has 2 aromatic rings. The van der Waals surface area contributed by atoms with Gasteiger partial charge in [0.05, 0.1) is 5.56 Å². The Morgan fingerprint density at radius 1 is 1.04 bits per heavy atom. The minimum atomic E-state index is -0.932. The van der Waals surface area contributed by atoms with Crippen LogP contribution in [0, 0.1) is 0 Å². The number of carboxylic acid groups (broad SMARTS) is 1. The van der Waals surface area contributed by atoms with E-state index in [0.717, 1.165) is 24.9 Å². The van der Waals surface area contributed by atoms with Gasteiger partial charge in [0.15, 0.2) is 0 Å². The number of carbonyl (C=O) groups excluding carboxylic acids is 1. The van der Waals surface area contributed by atoms with Crippen LogP contribution >= 0.6 is 0 Å². The lowest BCUT2D eigenvalue weighted by atomic mass is 9.95. The third kappa shape index (κ3) is 4.08. The molecule has 1 aliphatic carbocycles. The molecule has 4 nitrogen and oxygen atoms in total. The molecular formula is C21H23NO3. The number of carbonyl (C=O) groups is 2. The molecule has 0 aliphatic heterocycles. The average molecular weight is 337 g/mol. The smallest absolute Gasteiger partial charge is 0.335 e. The standard InChI is InChI=1S/C21H23NO3/c1-22(15-21(13-14-21)18-5-3-2-4-6-18)19(23)12-9-16-7-10-17(11-8-16)20(24)25/h2-8,10-11H,9,12-15H2,1H3,(H,24,25). The van der Waals surface area contributed by atoms with E-state index in [1.807, 2.05) is 18.0 Å². The SMILES string of the molecule is CN(CC1(c2ccccc2)CC1)C(=O)CCc1ccc(C(=O)O)cc1. The van der Waals surface area contributed by atoms with Gasteiger partial charge in [-0.3, -0.25) is 4.79 Å². The van der Waals surface area contributed by atoms with Crippen molar-refractivity contribution in [1.29, 1.82) is 0 Å². The molecule has 3 rings (SSSR count). The van der Waals surface area contributed by atoms with Gasteiger partial charge in [0.2, 0.25) is 5.91 Å². The normalized spacial score (nSPS) is 14.8. The number of likely N-dealkylation sites (N-methyl/N-ethyl adjacent to an activating group) is 1. The van der Waals surface area contributed by atoms with Crippen molar-refractivity contribution in [2.24, 2.45) is 0 Å². The van der Waals surface area contributed by atoms with Gasteiger partial charge in [0.1, 0.15) is 0 Å². The third-order valence-corrected chi connectivity index (χ3v) is 5.03. The summed E-state index contributed by atoms with van der Waals surface area (Å²) in [5.74, 6) is -0.803. The van der Waals surface area contributed by atoms with Gasteiger partial charge in [-0.15, -0.1) is 0 Å². The molecule has 1 fully saturated rings. The highest BCUT2D eigenvalue weighted by Gasteiger charge is 2.45. The van der Waals surface area contributed by atoms with Crippen LogP contribution in [-0.2, 0) is 16.6 Å². The van der Waals surface area contributed by atoms with Crippen molar-refractivity contribution in [3.63, 3.8) is 0 Å². The number of nitrogens with zero attached hydrogens (tertiary/aromatic N) is 1. The fraction of sp³-hybridized carbons (Fsp3) is 0.333. The number of hydrogen-bond acceptors (Lipinski definition) is 2. The zero-order chi connectivity index (χ0) is 17.9. The first-order chi connectivity index (χ1) is 12.0. The van der Waals surface area contributed by atoms with Crippen molar-refractivity contribution >= 4 is 11.9 Å². The molecule has 0 unspecified atom stereocenters. The summed E-state index contributed by atoms with van der Waals surface area (Å²) in [5, 5.41) is 8.91. The van der Waals surface area contributed by atoms with Crippen molar-refractivity contribution in [2.75, 3.05) is 13.6 Å². The topological polar surface area (TPSA) is 57.6 Å². The van der Waals surface area contributed by atoms with Crippen molar-refractivity contribution in [2.45, 2.75) is 31.1 Å². The maximum Gasteiger partial charge on any atom is 0.335 e. The number of amides is 1. The van der Waals surface area contributed by atoms with Crippen LogP contribution in [0.25, 0.3) is 0 Å². The van der Waals surface area contributed by atoms with E-state index in [9.17, 15) is 9.59 Å². The zero-order valence-corrected chi connectivity index (χ0v) is 14.4. The number of benzene rings is 2. The third-order valence-electron chi connectivity index (χ3n) is 5.03. The van der Waals surface area contributed by atoms with Gasteiger partial charge in [-0.25, -0.2) is 4.79 Å². The van der Waals surface area contributed by atoms with Crippen LogP contribution in [0.5, 0.6) is 0 Å². The molecule has 0 radical (unpaired) electrons. The van der Waals surface area contributed by atoms with Crippen LogP contribution < -0.4 is 0 Å². The van der Waals surface area contributed by atoms with Crippen molar-refractivity contribution in [3.8, 4) is 0 Å². The van der Waals surface area contributed by atoms with Crippen molar-refractivity contribution in [3.05, 3.63) is 71.3 Å². The number of rotatable bonds is 7. The largest absolute Gasteiger partial charge is 0.478 e. The molecule has 0 atom stereocenters. The van der Waals surface area contributed by atoms with Gasteiger partial charge in [0, 0.05) is 25.4 Å². The predicted octanol–water partition coefficient (Wildman–Crippen LogP) is 3.51. The molecule has 1 N–H and O–H groups in total. The van der Waals surface area contributed by atoms with Gasteiger partial charge >= 0.3 is 5.97 Å². The highest BCUT2D eigenvalue weighted by atomic mass is 16.4. The lowest BCUT2D eigenvalue weighted by Crippen LogP contribution is -2.34. The molecule has 0 aromatic heterocycles. The number of aromatic carboxylic acids is 1. The first-order valence-corrected chi connectivity index (χ1v) is 8.62. The molecule has 25 heavy (non-hydrogen) atoms. The second-order valence-electron chi connectivity index (χ2n) is 6.90. The highest BCUT2D eigenvalue weighted by Crippen LogP contribution is 2.48. The van der Waals surface area contributed by atoms with Crippen LogP contribution in [0.4, 0.5) is 0 Å². The Labute approximate surface area is 148 Å². The molecule has 4 heteroatoms. The summed E-state index contributed by atoms with van der Waals surface area (Å²) in [6, 6.07) is 17.2. The Balaban J connectivity index is 1.54. The van der Waals surface area contributed by atoms with Gasteiger partial charge in [-0.05, 0) is 42.5 Å². The molecule has 130 valence electrons. The summed E-state index contributed by atoms with van der Waals surface area (Å²) in [6.45, 7) is 0.758. The Kier molecular flexibility index (Phi) is 4.88. The van der Waals surface area contributed by atoms with E-state index in [1.165, 1.54) is 5.56 Å². The number of aryl methyl sites for hydroxylation is 1. The fourth-order valence-electron chi connectivity index (χ4n) is 3.28. The van der Waals surface area contributed by atoms with Gasteiger partial charge < -0.3 is 10.0 Å². The first kappa shape index (κ1) is 17.2. The van der Waals surface area contributed by atoms with E-state index in [2.05, 4.69) is 24.3 Å². The van der Waals surface area contributed by atoms with Crippen LogP contribution in [-0.4, -0.2) is 35.5 Å². The Hall–Kier alpha value is -2.62. The molecule has 1 amide bonds. The van der Waals surface area contributed by atoms with Crippen LogP contribution in [0.2, 0.25) is 0 Å². The lowest BCUT2D eigenvalue weighted by Gasteiger charge is -2.24. The van der Waals surface area contributed by atoms with E-state index < -0.39 is 5.97 Å². The van der Waals surface area contributed by atoms with Crippen molar-refractivity contribution < 1.29 is 14.7 Å². The second kappa shape index (κ2) is 7.09. The van der Waals surface area contributed by atoms with E-state index in [0.29, 0.717) is 12.8 Å². The highest BCUT2D eigenvalue weighted by molar-refractivity contribution is 5.87. The summed E-state index contributed by atoms with van der Waals surface area (Å²) in [5.41, 5.74) is 2.70. The molecule has 1 saturated carbocycles. The summed E-state index contributed by atoms with van der Waals surface area (Å²) in [6.07, 6.45) is 3.33.